The van der Waals surface area contributed by atoms with Crippen LogP contribution in [0.1, 0.15) is 60.0 Å². The van der Waals surface area contributed by atoms with Crippen LogP contribution in [0.2, 0.25) is 0 Å². The van der Waals surface area contributed by atoms with E-state index in [1.54, 1.807) is 0 Å². The number of pyridine rings is 1. The van der Waals surface area contributed by atoms with Crippen LogP contribution in [0.15, 0.2) is 68.2 Å². The number of ketones is 1. The fraction of sp³-hybridized carbons (Fsp3) is 0.421. The molecule has 0 saturated carbocycles. The van der Waals surface area contributed by atoms with Crippen molar-refractivity contribution in [2.75, 3.05) is 56.7 Å². The number of benzene rings is 2. The van der Waals surface area contributed by atoms with Gasteiger partial charge in [-0.3, -0.25) is 4.79 Å². The molecule has 4 heterocycles. The molecule has 0 N–H and O–H groups in total. The summed E-state index contributed by atoms with van der Waals surface area (Å²) in [6, 6.07) is 7.73. The molecule has 1 saturated heterocycles. The molecule has 0 radical (unpaired) electrons. The normalized spacial score (nSPS) is 15.2. The number of anilines is 2. The maximum atomic E-state index is 15.2. The number of carbonyl (C=O) groups is 1. The fourth-order valence-electron chi connectivity index (χ4n) is 6.55. The highest BCUT2D eigenvalue weighted by Gasteiger charge is 2.44. The van der Waals surface area contributed by atoms with Crippen LogP contribution in [0.5, 0.6) is 23.0 Å². The molecule has 2 aliphatic rings. The van der Waals surface area contributed by atoms with E-state index in [1.807, 2.05) is 0 Å². The number of rotatable bonds is 18. The Balaban J connectivity index is 1.57. The number of halogens is 5. The highest BCUT2D eigenvalue weighted by Crippen LogP contribution is 2.51. The van der Waals surface area contributed by atoms with Gasteiger partial charge >= 0.3 is 6.18 Å². The number of thiophene rings is 1. The predicted octanol–water partition coefficient (Wildman–Crippen LogP) is 8.51. The summed E-state index contributed by atoms with van der Waals surface area (Å²) >= 11 is 12.4. The van der Waals surface area contributed by atoms with Gasteiger partial charge in [0.15, 0.2) is 28.1 Å². The Labute approximate surface area is 353 Å². The summed E-state index contributed by atoms with van der Waals surface area (Å²) in [7, 11) is -6.89. The molecule has 0 bridgehead atoms. The molecule has 320 valence electrons. The summed E-state index contributed by atoms with van der Waals surface area (Å²) in [6.45, 7) is 0.703. The van der Waals surface area contributed by atoms with E-state index >= 15 is 8.42 Å². The van der Waals surface area contributed by atoms with Crippen LogP contribution in [0, 0.1) is 0 Å². The molecule has 2 aromatic carbocycles. The molecule has 4 aromatic rings. The molecule has 0 aliphatic carbocycles. The smallest absolute Gasteiger partial charge is 0.417 e. The standard InChI is InChI=1S/C38H39Cl2F3N2O11S3/c1-51-31-21-32(52-2)29(20-27(31)30(46)7-3-5-11-39)45(25-17-28(36-33(18-25)53-13-14-54-36)37(10-4-6-12-40)55-15-16-56-37)59(49,50)26-19-35(57-23-26)58(47,48)34-9-8-24(22-44-34)38(41,42)43/h8-9,17-23H,3-7,10-16H2,1-2H3. The van der Waals surface area contributed by atoms with E-state index in [0.29, 0.717) is 79.1 Å². The molecule has 2 aromatic heterocycles. The van der Waals surface area contributed by atoms with Crippen LogP contribution >= 0.6 is 34.5 Å². The van der Waals surface area contributed by atoms with E-state index in [-0.39, 0.29) is 78.6 Å². The van der Waals surface area contributed by atoms with E-state index in [2.05, 4.69) is 4.98 Å². The molecular weight excluding hydrogens is 885 g/mol. The third-order valence-corrected chi connectivity index (χ3v) is 14.9. The van der Waals surface area contributed by atoms with E-state index in [4.69, 9.17) is 51.6 Å². The maximum Gasteiger partial charge on any atom is 0.417 e. The zero-order valence-corrected chi connectivity index (χ0v) is 35.6. The number of nitrogens with zero attached hydrogens (tertiary/aromatic N) is 2. The van der Waals surface area contributed by atoms with Crippen molar-refractivity contribution in [1.29, 1.82) is 0 Å². The lowest BCUT2D eigenvalue weighted by atomic mass is 9.97. The van der Waals surface area contributed by atoms with Gasteiger partial charge in [-0.05, 0) is 56.0 Å². The monoisotopic (exact) mass is 922 g/mol. The quantitative estimate of drug-likeness (QED) is 0.0534. The Morgan fingerprint density at radius 2 is 1.59 bits per heavy atom. The Morgan fingerprint density at radius 1 is 0.898 bits per heavy atom. The van der Waals surface area contributed by atoms with Crippen LogP contribution in [-0.2, 0) is 41.3 Å². The first kappa shape index (κ1) is 44.7. The van der Waals surface area contributed by atoms with Gasteiger partial charge in [0, 0.05) is 48.3 Å². The number of aromatic nitrogens is 1. The van der Waals surface area contributed by atoms with Crippen LogP contribution < -0.4 is 23.3 Å². The molecule has 0 spiro atoms. The van der Waals surface area contributed by atoms with Gasteiger partial charge in [0.2, 0.25) is 9.84 Å². The topological polar surface area (TPSA) is 157 Å². The van der Waals surface area contributed by atoms with Crippen molar-refractivity contribution in [3.8, 4) is 23.0 Å². The second kappa shape index (κ2) is 18.4. The van der Waals surface area contributed by atoms with Gasteiger partial charge < -0.3 is 28.4 Å². The lowest BCUT2D eigenvalue weighted by molar-refractivity contribution is -0.173. The van der Waals surface area contributed by atoms with Gasteiger partial charge in [-0.15, -0.1) is 34.5 Å². The first-order valence-electron chi connectivity index (χ1n) is 18.2. The van der Waals surface area contributed by atoms with E-state index in [0.717, 1.165) is 15.8 Å². The number of Topliss-reactive ketones (excluding diaryl/α,β-unsaturated/α-hetero) is 1. The lowest BCUT2D eigenvalue weighted by Crippen LogP contribution is -2.32. The summed E-state index contributed by atoms with van der Waals surface area (Å²) in [5.74, 6) is -0.644. The molecular formula is C38H39Cl2F3N2O11S3. The van der Waals surface area contributed by atoms with Crippen molar-refractivity contribution >= 4 is 71.6 Å². The number of sulfone groups is 1. The largest absolute Gasteiger partial charge is 0.496 e. The molecule has 13 nitrogen and oxygen atoms in total. The van der Waals surface area contributed by atoms with Crippen molar-refractivity contribution in [2.24, 2.45) is 0 Å². The van der Waals surface area contributed by atoms with Gasteiger partial charge in [-0.2, -0.15) is 13.2 Å². The molecule has 1 fully saturated rings. The number of alkyl halides is 5. The van der Waals surface area contributed by atoms with Crippen LogP contribution in [0.4, 0.5) is 24.5 Å². The highest BCUT2D eigenvalue weighted by molar-refractivity contribution is 7.94. The third kappa shape index (κ3) is 9.25. The van der Waals surface area contributed by atoms with Crippen molar-refractivity contribution in [3.63, 3.8) is 0 Å². The van der Waals surface area contributed by atoms with Crippen LogP contribution in [0.3, 0.4) is 0 Å². The fourth-order valence-corrected chi connectivity index (χ4v) is 11.3. The summed E-state index contributed by atoms with van der Waals surface area (Å²) < 4.78 is 134. The molecule has 21 heteroatoms. The third-order valence-electron chi connectivity index (χ3n) is 9.42. The van der Waals surface area contributed by atoms with Crippen molar-refractivity contribution < 1.29 is 63.2 Å². The second-order valence-electron chi connectivity index (χ2n) is 13.2. The lowest BCUT2D eigenvalue weighted by Gasteiger charge is -2.34. The zero-order chi connectivity index (χ0) is 42.6. The molecule has 0 atom stereocenters. The number of carbonyl (C=O) groups excluding carboxylic acids is 1. The summed E-state index contributed by atoms with van der Waals surface area (Å²) in [4.78, 5) is 16.7. The molecule has 2 aliphatic heterocycles. The van der Waals surface area contributed by atoms with Crippen molar-refractivity contribution in [3.05, 3.63) is 70.7 Å². The first-order chi connectivity index (χ1) is 28.1. The zero-order valence-electron chi connectivity index (χ0n) is 31.7. The maximum absolute atomic E-state index is 15.2. The van der Waals surface area contributed by atoms with Gasteiger partial charge in [-0.25, -0.2) is 26.1 Å². The van der Waals surface area contributed by atoms with E-state index < -0.39 is 51.5 Å². The number of ether oxygens (including phenoxy) is 6. The summed E-state index contributed by atoms with van der Waals surface area (Å²) in [6.07, 6.45) is -1.87. The Hall–Kier alpha value is -3.85. The average molecular weight is 924 g/mol. The SMILES string of the molecule is COc1cc(OC)c(N(c2cc3c(c(C4(CCCCCl)OCCO4)c2)OCCO3)S(=O)(=O)c2csc(S(=O)(=O)c3ccc(C(F)(F)F)cn3)c2)cc1C(=O)CCCCCl. The Bertz CT molecular complexity index is 2370. The highest BCUT2D eigenvalue weighted by atomic mass is 35.5. The van der Waals surface area contributed by atoms with Gasteiger partial charge in [0.25, 0.3) is 10.0 Å². The minimum absolute atomic E-state index is 0.0257. The Kier molecular flexibility index (Phi) is 13.9. The van der Waals surface area contributed by atoms with E-state index in [9.17, 15) is 26.4 Å². The number of hydrogen-bond acceptors (Lipinski definition) is 13. The van der Waals surface area contributed by atoms with Crippen molar-refractivity contribution in [2.45, 2.75) is 64.6 Å². The number of fused-ring (bicyclic) bond motifs is 1. The molecule has 6 rings (SSSR count). The number of hydrogen-bond donors (Lipinski definition) is 0. The number of unbranched alkanes of at least 4 members (excludes halogenated alkanes) is 2. The van der Waals surface area contributed by atoms with Crippen LogP contribution in [0.25, 0.3) is 0 Å². The first-order valence-corrected chi connectivity index (χ1v) is 23.0. The molecule has 0 unspecified atom stereocenters. The molecule has 59 heavy (non-hydrogen) atoms. The average Bonchev–Trinajstić information content (AvgIpc) is 3.93. The minimum atomic E-state index is -4.91. The van der Waals surface area contributed by atoms with Gasteiger partial charge in [0.05, 0.1) is 54.7 Å². The Morgan fingerprint density at radius 3 is 2.24 bits per heavy atom. The minimum Gasteiger partial charge on any atom is -0.496 e. The second-order valence-corrected chi connectivity index (χ2v) is 18.7. The number of sulfonamides is 1. The molecule has 0 amide bonds. The van der Waals surface area contributed by atoms with E-state index in [1.165, 1.54) is 38.5 Å². The number of methoxy groups -OCH3 is 2. The summed E-state index contributed by atoms with van der Waals surface area (Å²) in [5, 5.41) is 0.346. The van der Waals surface area contributed by atoms with Gasteiger partial charge in [0.1, 0.15) is 34.6 Å². The predicted molar refractivity (Wildman–Crippen MR) is 212 cm³/mol. The summed E-state index contributed by atoms with van der Waals surface area (Å²) in [5.41, 5.74) is -1.06. The van der Waals surface area contributed by atoms with Crippen LogP contribution in [-0.4, -0.2) is 80.0 Å². The van der Waals surface area contributed by atoms with Gasteiger partial charge in [-0.1, -0.05) is 0 Å². The van der Waals surface area contributed by atoms with Crippen molar-refractivity contribution in [1.82, 2.24) is 4.98 Å².